The Labute approximate surface area is 76.6 Å². The van der Waals surface area contributed by atoms with Crippen LogP contribution in [0.4, 0.5) is 0 Å². The smallest absolute Gasteiger partial charge is 0.114 e. The molecule has 0 saturated carbocycles. The van der Waals surface area contributed by atoms with Gasteiger partial charge in [0.1, 0.15) is 6.61 Å². The largest absolute Gasteiger partial charge is 0.389 e. The number of aliphatic hydroxyl groups excluding tert-OH is 2. The van der Waals surface area contributed by atoms with E-state index in [1.807, 2.05) is 0 Å². The second-order valence-corrected chi connectivity index (χ2v) is 3.43. The molecule has 5 heteroatoms. The average molecular weight is 195 g/mol. The molecule has 65 valence electrons. The lowest BCUT2D eigenvalue weighted by Gasteiger charge is -2.34. The highest BCUT2D eigenvalue weighted by atomic mass is 32.1. The van der Waals surface area contributed by atoms with Gasteiger partial charge in [-0.2, -0.15) is 25.3 Å². The van der Waals surface area contributed by atoms with Crippen molar-refractivity contribution in [2.24, 2.45) is 0 Å². The van der Waals surface area contributed by atoms with Crippen LogP contribution in [-0.4, -0.2) is 39.5 Å². The minimum atomic E-state index is -0.801. The summed E-state index contributed by atoms with van der Waals surface area (Å²) in [6.07, 6.45) is -1.91. The van der Waals surface area contributed by atoms with Crippen molar-refractivity contribution in [3.8, 4) is 0 Å². The molecule has 0 spiro atoms. The first-order valence-electron chi connectivity index (χ1n) is 3.30. The highest BCUT2D eigenvalue weighted by molar-refractivity contribution is 7.81. The molecular weight excluding hydrogens is 184 g/mol. The molecule has 1 fully saturated rings. The second-order valence-electron chi connectivity index (χ2n) is 2.46. The van der Waals surface area contributed by atoms with Gasteiger partial charge in [0.25, 0.3) is 0 Å². The standard InChI is InChI=1S/C6H11O3S2/c7-3-1-9-4(2-10)5(8)6(3)11/h1,3-8,10-11H,2H2/t3-,4+,5-,6+/m0/s1. The molecule has 4 atom stereocenters. The van der Waals surface area contributed by atoms with E-state index in [-0.39, 0.29) is 6.10 Å². The molecule has 0 unspecified atom stereocenters. The zero-order valence-corrected chi connectivity index (χ0v) is 7.58. The van der Waals surface area contributed by atoms with E-state index in [0.29, 0.717) is 5.75 Å². The summed E-state index contributed by atoms with van der Waals surface area (Å²) in [4.78, 5) is 0. The highest BCUT2D eigenvalue weighted by Crippen LogP contribution is 2.22. The molecule has 0 aliphatic carbocycles. The maximum atomic E-state index is 9.38. The molecule has 1 heterocycles. The summed E-state index contributed by atoms with van der Waals surface area (Å²) in [5.74, 6) is 0.418. The molecule has 0 aromatic rings. The maximum Gasteiger partial charge on any atom is 0.114 e. The van der Waals surface area contributed by atoms with E-state index in [0.717, 1.165) is 0 Å². The van der Waals surface area contributed by atoms with Gasteiger partial charge in [-0.3, -0.25) is 0 Å². The Morgan fingerprint density at radius 1 is 1.45 bits per heavy atom. The second kappa shape index (κ2) is 4.00. The SMILES string of the molecule is O[C@@H]1[C@H](S)[C@@H](O)[CH]O[C@@H]1CS. The Morgan fingerprint density at radius 3 is 2.64 bits per heavy atom. The molecule has 0 bridgehead atoms. The summed E-state index contributed by atoms with van der Waals surface area (Å²) in [5.41, 5.74) is 0. The number of thiol groups is 2. The van der Waals surface area contributed by atoms with Crippen LogP contribution >= 0.6 is 25.3 Å². The molecule has 1 rings (SSSR count). The third-order valence-electron chi connectivity index (χ3n) is 1.65. The molecule has 0 aromatic carbocycles. The topological polar surface area (TPSA) is 49.7 Å². The monoisotopic (exact) mass is 195 g/mol. The van der Waals surface area contributed by atoms with E-state index in [4.69, 9.17) is 9.84 Å². The molecule has 11 heavy (non-hydrogen) atoms. The molecule has 0 aromatic heterocycles. The van der Waals surface area contributed by atoms with Crippen LogP contribution in [0.5, 0.6) is 0 Å². The number of rotatable bonds is 1. The Bertz CT molecular complexity index is 131. The van der Waals surface area contributed by atoms with Crippen LogP contribution in [0.3, 0.4) is 0 Å². The minimum Gasteiger partial charge on any atom is -0.389 e. The van der Waals surface area contributed by atoms with E-state index in [2.05, 4.69) is 25.3 Å². The lowest BCUT2D eigenvalue weighted by Crippen LogP contribution is -2.48. The van der Waals surface area contributed by atoms with Crippen molar-refractivity contribution in [3.63, 3.8) is 0 Å². The van der Waals surface area contributed by atoms with Gasteiger partial charge in [0.2, 0.25) is 0 Å². The maximum absolute atomic E-state index is 9.38. The van der Waals surface area contributed by atoms with Gasteiger partial charge in [-0.1, -0.05) is 0 Å². The third kappa shape index (κ3) is 2.03. The molecule has 1 saturated heterocycles. The van der Waals surface area contributed by atoms with Gasteiger partial charge in [0.15, 0.2) is 0 Å². The van der Waals surface area contributed by atoms with Gasteiger partial charge in [-0.05, 0) is 0 Å². The first-order chi connectivity index (χ1) is 5.16. The van der Waals surface area contributed by atoms with E-state index >= 15 is 0 Å². The van der Waals surface area contributed by atoms with Gasteiger partial charge in [0.05, 0.1) is 23.6 Å². The van der Waals surface area contributed by atoms with Gasteiger partial charge in [-0.25, -0.2) is 0 Å². The number of hydrogen-bond acceptors (Lipinski definition) is 5. The molecule has 1 aliphatic rings. The van der Waals surface area contributed by atoms with Crippen molar-refractivity contribution in [1.29, 1.82) is 0 Å². The van der Waals surface area contributed by atoms with Crippen LogP contribution in [-0.2, 0) is 4.74 Å². The minimum absolute atomic E-state index is 0.357. The van der Waals surface area contributed by atoms with E-state index in [1.54, 1.807) is 0 Å². The number of hydrogen-bond donors (Lipinski definition) is 4. The molecule has 1 aliphatic heterocycles. The average Bonchev–Trinajstić information content (AvgIpc) is 2.01. The zero-order chi connectivity index (χ0) is 8.43. The van der Waals surface area contributed by atoms with Crippen molar-refractivity contribution in [1.82, 2.24) is 0 Å². The fourth-order valence-electron chi connectivity index (χ4n) is 0.915. The van der Waals surface area contributed by atoms with Gasteiger partial charge in [-0.15, -0.1) is 0 Å². The van der Waals surface area contributed by atoms with E-state index in [9.17, 15) is 5.11 Å². The van der Waals surface area contributed by atoms with Gasteiger partial charge in [0, 0.05) is 5.75 Å². The van der Waals surface area contributed by atoms with E-state index < -0.39 is 17.5 Å². The normalized spacial score (nSPS) is 45.8. The Balaban J connectivity index is 2.52. The van der Waals surface area contributed by atoms with Crippen LogP contribution in [0.25, 0.3) is 0 Å². The van der Waals surface area contributed by atoms with Crippen LogP contribution in [0.2, 0.25) is 0 Å². The van der Waals surface area contributed by atoms with Crippen molar-refractivity contribution >= 4 is 25.3 Å². The summed E-state index contributed by atoms with van der Waals surface area (Å²) >= 11 is 7.99. The first-order valence-corrected chi connectivity index (χ1v) is 4.45. The van der Waals surface area contributed by atoms with Gasteiger partial charge >= 0.3 is 0 Å². The molecular formula is C6H11O3S2. The quantitative estimate of drug-likeness (QED) is 0.427. The summed E-state index contributed by atoms with van der Waals surface area (Å²) in [6, 6.07) is 0. The van der Waals surface area contributed by atoms with Crippen LogP contribution in [0.1, 0.15) is 0 Å². The zero-order valence-electron chi connectivity index (χ0n) is 5.79. The predicted molar refractivity (Wildman–Crippen MR) is 47.8 cm³/mol. The molecule has 1 radical (unpaired) electrons. The molecule has 2 N–H and O–H groups in total. The van der Waals surface area contributed by atoms with Crippen molar-refractivity contribution < 1.29 is 14.9 Å². The predicted octanol–water partition coefficient (Wildman–Crippen LogP) is -0.503. The lowest BCUT2D eigenvalue weighted by atomic mass is 10.0. The molecule has 3 nitrogen and oxygen atoms in total. The fraction of sp³-hybridized carbons (Fsp3) is 0.833. The van der Waals surface area contributed by atoms with Gasteiger partial charge < -0.3 is 14.9 Å². The Hall–Kier alpha value is 0.580. The van der Waals surface area contributed by atoms with Crippen LogP contribution in [0.15, 0.2) is 0 Å². The van der Waals surface area contributed by atoms with E-state index in [1.165, 1.54) is 6.61 Å². The summed E-state index contributed by atoms with van der Waals surface area (Å²) in [6.45, 7) is 1.28. The molecule has 0 amide bonds. The third-order valence-corrected chi connectivity index (χ3v) is 2.62. The Kier molecular flexibility index (Phi) is 3.52. The Morgan fingerprint density at radius 2 is 2.09 bits per heavy atom. The van der Waals surface area contributed by atoms with Crippen LogP contribution in [0, 0.1) is 6.61 Å². The van der Waals surface area contributed by atoms with Crippen molar-refractivity contribution in [2.45, 2.75) is 23.6 Å². The summed E-state index contributed by atoms with van der Waals surface area (Å²) in [5, 5.41) is 18.0. The number of ether oxygens (including phenoxy) is 1. The summed E-state index contributed by atoms with van der Waals surface area (Å²) < 4.78 is 4.97. The van der Waals surface area contributed by atoms with Crippen LogP contribution < -0.4 is 0 Å². The first kappa shape index (κ1) is 9.67. The highest BCUT2D eigenvalue weighted by Gasteiger charge is 2.35. The summed E-state index contributed by atoms with van der Waals surface area (Å²) in [7, 11) is 0. The fourth-order valence-corrected chi connectivity index (χ4v) is 1.48. The number of aliphatic hydroxyl groups is 2. The van der Waals surface area contributed by atoms with Crippen molar-refractivity contribution in [3.05, 3.63) is 6.61 Å². The lowest BCUT2D eigenvalue weighted by molar-refractivity contribution is -0.0722. The van der Waals surface area contributed by atoms with Crippen molar-refractivity contribution in [2.75, 3.05) is 5.75 Å².